The maximum Gasteiger partial charge on any atom is 0.260 e. The normalized spacial score (nSPS) is 10.3. The van der Waals surface area contributed by atoms with Crippen molar-refractivity contribution in [1.29, 1.82) is 0 Å². The van der Waals surface area contributed by atoms with Crippen molar-refractivity contribution >= 4 is 28.8 Å². The lowest BCUT2D eigenvalue weighted by atomic mass is 10.2. The first-order chi connectivity index (χ1) is 13.1. The van der Waals surface area contributed by atoms with Crippen LogP contribution in [0.2, 0.25) is 0 Å². The predicted octanol–water partition coefficient (Wildman–Crippen LogP) is 4.04. The molecule has 0 aliphatic carbocycles. The van der Waals surface area contributed by atoms with E-state index in [4.69, 9.17) is 4.74 Å². The zero-order chi connectivity index (χ0) is 19.1. The van der Waals surface area contributed by atoms with Crippen LogP contribution in [-0.2, 0) is 11.3 Å². The number of anilines is 1. The quantitative estimate of drug-likeness (QED) is 0.673. The van der Waals surface area contributed by atoms with E-state index in [0.29, 0.717) is 23.5 Å². The Bertz CT molecular complexity index is 895. The summed E-state index contributed by atoms with van der Waals surface area (Å²) in [7, 11) is 1.73. The first-order valence-corrected chi connectivity index (χ1v) is 9.41. The van der Waals surface area contributed by atoms with Gasteiger partial charge < -0.3 is 15.0 Å². The summed E-state index contributed by atoms with van der Waals surface area (Å²) < 4.78 is 5.65. The number of carbonyl (C=O) groups is 2. The topological polar surface area (TPSA) is 58.6 Å². The molecule has 1 aromatic heterocycles. The van der Waals surface area contributed by atoms with Gasteiger partial charge >= 0.3 is 0 Å². The van der Waals surface area contributed by atoms with Gasteiger partial charge in [0.2, 0.25) is 0 Å². The second kappa shape index (κ2) is 9.00. The first-order valence-electron chi connectivity index (χ1n) is 8.47. The molecule has 0 spiro atoms. The molecule has 27 heavy (non-hydrogen) atoms. The molecule has 0 aliphatic rings. The molecule has 0 atom stereocenters. The number of thiophene rings is 1. The molecule has 6 heteroatoms. The minimum absolute atomic E-state index is 0.129. The summed E-state index contributed by atoms with van der Waals surface area (Å²) in [6.07, 6.45) is 0. The van der Waals surface area contributed by atoms with Crippen molar-refractivity contribution in [1.82, 2.24) is 4.90 Å². The molecular formula is C21H20N2O3S. The van der Waals surface area contributed by atoms with Gasteiger partial charge in [0, 0.05) is 19.3 Å². The van der Waals surface area contributed by atoms with Crippen LogP contribution in [0.3, 0.4) is 0 Å². The van der Waals surface area contributed by atoms with E-state index in [2.05, 4.69) is 5.32 Å². The van der Waals surface area contributed by atoms with Gasteiger partial charge in [-0.05, 0) is 46.7 Å². The van der Waals surface area contributed by atoms with Gasteiger partial charge in [0.1, 0.15) is 5.75 Å². The van der Waals surface area contributed by atoms with Crippen LogP contribution in [0.1, 0.15) is 15.9 Å². The second-order valence-electron chi connectivity index (χ2n) is 5.99. The summed E-state index contributed by atoms with van der Waals surface area (Å²) in [5, 5.41) is 6.81. The fourth-order valence-electron chi connectivity index (χ4n) is 2.49. The Hall–Kier alpha value is -3.12. The molecule has 3 aromatic rings. The molecule has 0 saturated heterocycles. The number of amides is 2. The van der Waals surface area contributed by atoms with Crippen LogP contribution in [0.4, 0.5) is 5.69 Å². The Labute approximate surface area is 162 Å². The fraction of sp³-hybridized carbons (Fsp3) is 0.143. The zero-order valence-electron chi connectivity index (χ0n) is 14.9. The van der Waals surface area contributed by atoms with E-state index in [0.717, 1.165) is 5.56 Å². The molecule has 1 heterocycles. The SMILES string of the molecule is CN(Cc1ccsc1)C(=O)COc1ccccc1C(=O)Nc1ccccc1. The minimum atomic E-state index is -0.282. The summed E-state index contributed by atoms with van der Waals surface area (Å²) >= 11 is 1.60. The third-order valence-electron chi connectivity index (χ3n) is 3.94. The van der Waals surface area contributed by atoms with Crippen molar-refractivity contribution < 1.29 is 14.3 Å². The van der Waals surface area contributed by atoms with Crippen molar-refractivity contribution in [3.8, 4) is 5.75 Å². The van der Waals surface area contributed by atoms with E-state index in [1.165, 1.54) is 0 Å². The van der Waals surface area contributed by atoms with Crippen LogP contribution in [-0.4, -0.2) is 30.4 Å². The van der Waals surface area contributed by atoms with Crippen LogP contribution < -0.4 is 10.1 Å². The molecule has 1 N–H and O–H groups in total. The number of carbonyl (C=O) groups excluding carboxylic acids is 2. The van der Waals surface area contributed by atoms with Crippen LogP contribution in [0.25, 0.3) is 0 Å². The Balaban J connectivity index is 1.62. The van der Waals surface area contributed by atoms with Gasteiger partial charge in [-0.3, -0.25) is 9.59 Å². The molecule has 0 fully saturated rings. The number of likely N-dealkylation sites (N-methyl/N-ethyl adjacent to an activating group) is 1. The number of hydrogen-bond acceptors (Lipinski definition) is 4. The molecule has 0 saturated carbocycles. The number of hydrogen-bond donors (Lipinski definition) is 1. The lowest BCUT2D eigenvalue weighted by Crippen LogP contribution is -2.31. The van der Waals surface area contributed by atoms with Crippen LogP contribution in [0.5, 0.6) is 5.75 Å². The second-order valence-corrected chi connectivity index (χ2v) is 6.77. The Morgan fingerprint density at radius 3 is 2.52 bits per heavy atom. The smallest absolute Gasteiger partial charge is 0.260 e. The van der Waals surface area contributed by atoms with E-state index in [-0.39, 0.29) is 18.4 Å². The molecule has 0 unspecified atom stereocenters. The van der Waals surface area contributed by atoms with Crippen LogP contribution >= 0.6 is 11.3 Å². The average molecular weight is 380 g/mol. The number of para-hydroxylation sites is 2. The number of benzene rings is 2. The Kier molecular flexibility index (Phi) is 6.22. The highest BCUT2D eigenvalue weighted by molar-refractivity contribution is 7.07. The lowest BCUT2D eigenvalue weighted by molar-refractivity contribution is -0.132. The molecule has 0 aliphatic heterocycles. The highest BCUT2D eigenvalue weighted by Crippen LogP contribution is 2.20. The van der Waals surface area contributed by atoms with Crippen molar-refractivity contribution in [2.24, 2.45) is 0 Å². The summed E-state index contributed by atoms with van der Waals surface area (Å²) in [6.45, 7) is 0.401. The van der Waals surface area contributed by atoms with Gasteiger partial charge in [-0.1, -0.05) is 30.3 Å². The molecular weight excluding hydrogens is 360 g/mol. The molecule has 138 valence electrons. The highest BCUT2D eigenvalue weighted by atomic mass is 32.1. The zero-order valence-corrected chi connectivity index (χ0v) is 15.7. The predicted molar refractivity (Wildman–Crippen MR) is 107 cm³/mol. The number of nitrogens with zero attached hydrogens (tertiary/aromatic N) is 1. The Morgan fingerprint density at radius 1 is 1.04 bits per heavy atom. The summed E-state index contributed by atoms with van der Waals surface area (Å²) in [6, 6.07) is 18.1. The van der Waals surface area contributed by atoms with Crippen LogP contribution in [0.15, 0.2) is 71.4 Å². The van der Waals surface area contributed by atoms with Gasteiger partial charge in [-0.25, -0.2) is 0 Å². The summed E-state index contributed by atoms with van der Waals surface area (Å²) in [5.41, 5.74) is 2.16. The lowest BCUT2D eigenvalue weighted by Gasteiger charge is -2.17. The van der Waals surface area contributed by atoms with Gasteiger partial charge in [-0.2, -0.15) is 11.3 Å². The fourth-order valence-corrected chi connectivity index (χ4v) is 3.15. The monoisotopic (exact) mass is 380 g/mol. The number of rotatable bonds is 7. The van der Waals surface area contributed by atoms with Crippen molar-refractivity contribution in [2.45, 2.75) is 6.54 Å². The number of nitrogens with one attached hydrogen (secondary N) is 1. The number of ether oxygens (including phenoxy) is 1. The standard InChI is InChI=1S/C21H20N2O3S/c1-23(13-16-11-12-27-15-16)20(24)14-26-19-10-6-5-9-18(19)21(25)22-17-7-3-2-4-8-17/h2-12,15H,13-14H2,1H3,(H,22,25). The van der Waals surface area contributed by atoms with E-state index >= 15 is 0 Å². The van der Waals surface area contributed by atoms with E-state index in [1.54, 1.807) is 47.5 Å². The van der Waals surface area contributed by atoms with Gasteiger partial charge in [-0.15, -0.1) is 0 Å². The van der Waals surface area contributed by atoms with Crippen molar-refractivity contribution in [2.75, 3.05) is 19.0 Å². The molecule has 3 rings (SSSR count). The molecule has 0 radical (unpaired) electrons. The molecule has 2 amide bonds. The third kappa shape index (κ3) is 5.18. The van der Waals surface area contributed by atoms with E-state index < -0.39 is 0 Å². The van der Waals surface area contributed by atoms with E-state index in [9.17, 15) is 9.59 Å². The summed E-state index contributed by atoms with van der Waals surface area (Å²) in [5.74, 6) is -0.0569. The van der Waals surface area contributed by atoms with E-state index in [1.807, 2.05) is 47.2 Å². The molecule has 5 nitrogen and oxygen atoms in total. The average Bonchev–Trinajstić information content (AvgIpc) is 3.20. The maximum atomic E-state index is 12.5. The molecule has 2 aromatic carbocycles. The highest BCUT2D eigenvalue weighted by Gasteiger charge is 2.15. The largest absolute Gasteiger partial charge is 0.483 e. The van der Waals surface area contributed by atoms with Gasteiger partial charge in [0.25, 0.3) is 11.8 Å². The van der Waals surface area contributed by atoms with Gasteiger partial charge in [0.15, 0.2) is 6.61 Å². The van der Waals surface area contributed by atoms with Crippen LogP contribution in [0, 0.1) is 0 Å². The first kappa shape index (κ1) is 18.7. The minimum Gasteiger partial charge on any atom is -0.483 e. The maximum absolute atomic E-state index is 12.5. The van der Waals surface area contributed by atoms with Crippen molar-refractivity contribution in [3.05, 3.63) is 82.6 Å². The Morgan fingerprint density at radius 2 is 1.78 bits per heavy atom. The third-order valence-corrected chi connectivity index (χ3v) is 4.67. The summed E-state index contributed by atoms with van der Waals surface area (Å²) in [4.78, 5) is 26.5. The van der Waals surface area contributed by atoms with Crippen molar-refractivity contribution in [3.63, 3.8) is 0 Å². The molecule has 0 bridgehead atoms. The van der Waals surface area contributed by atoms with Gasteiger partial charge in [0.05, 0.1) is 5.56 Å².